The molecule has 22 heavy (non-hydrogen) atoms. The van der Waals surface area contributed by atoms with Gasteiger partial charge in [-0.3, -0.25) is 0 Å². The first-order valence-electron chi connectivity index (χ1n) is 7.67. The maximum absolute atomic E-state index is 5.70. The average molecular weight is 299 g/mol. The summed E-state index contributed by atoms with van der Waals surface area (Å²) in [6, 6.07) is 16.7. The van der Waals surface area contributed by atoms with Crippen LogP contribution in [-0.2, 0) is 12.8 Å². The van der Waals surface area contributed by atoms with E-state index in [9.17, 15) is 0 Å². The van der Waals surface area contributed by atoms with Gasteiger partial charge in [-0.15, -0.1) is 0 Å². The van der Waals surface area contributed by atoms with Crippen molar-refractivity contribution in [1.82, 2.24) is 4.90 Å². The fourth-order valence-electron chi connectivity index (χ4n) is 2.18. The molecule has 0 aliphatic rings. The van der Waals surface area contributed by atoms with Crippen molar-refractivity contribution in [3.8, 4) is 11.5 Å². The van der Waals surface area contributed by atoms with E-state index in [1.54, 1.807) is 7.11 Å². The van der Waals surface area contributed by atoms with Crippen molar-refractivity contribution in [2.45, 2.75) is 12.8 Å². The van der Waals surface area contributed by atoms with E-state index in [0.717, 1.165) is 37.5 Å². The Hall–Kier alpha value is -2.00. The number of nitrogens with zero attached hydrogens (tertiary/aromatic N) is 1. The van der Waals surface area contributed by atoms with Crippen LogP contribution in [0.5, 0.6) is 11.5 Å². The van der Waals surface area contributed by atoms with Gasteiger partial charge in [-0.05, 0) is 62.3 Å². The zero-order valence-electron chi connectivity index (χ0n) is 13.7. The highest BCUT2D eigenvalue weighted by atomic mass is 16.5. The molecule has 0 heterocycles. The maximum Gasteiger partial charge on any atom is 0.119 e. The lowest BCUT2D eigenvalue weighted by Crippen LogP contribution is -2.19. The molecule has 0 amide bonds. The Labute approximate surface area is 133 Å². The van der Waals surface area contributed by atoms with Gasteiger partial charge in [0.15, 0.2) is 0 Å². The third-order valence-electron chi connectivity index (χ3n) is 3.59. The monoisotopic (exact) mass is 299 g/mol. The van der Waals surface area contributed by atoms with Crippen molar-refractivity contribution in [3.63, 3.8) is 0 Å². The fraction of sp³-hybridized carbons (Fsp3) is 0.368. The van der Waals surface area contributed by atoms with Gasteiger partial charge in [-0.2, -0.15) is 0 Å². The van der Waals surface area contributed by atoms with Gasteiger partial charge in [0.1, 0.15) is 18.1 Å². The van der Waals surface area contributed by atoms with Crippen LogP contribution < -0.4 is 9.47 Å². The molecule has 3 nitrogen and oxygen atoms in total. The molecular formula is C19H25NO2. The Morgan fingerprint density at radius 3 is 1.73 bits per heavy atom. The number of likely N-dealkylation sites (N-methyl/N-ethyl adjacent to an activating group) is 1. The van der Waals surface area contributed by atoms with Crippen LogP contribution in [0.1, 0.15) is 11.1 Å². The molecule has 0 saturated heterocycles. The quantitative estimate of drug-likeness (QED) is 0.745. The molecular weight excluding hydrogens is 274 g/mol. The molecule has 0 aliphatic heterocycles. The van der Waals surface area contributed by atoms with Crippen LogP contribution in [-0.4, -0.2) is 39.3 Å². The van der Waals surface area contributed by atoms with Crippen LogP contribution >= 0.6 is 0 Å². The van der Waals surface area contributed by atoms with E-state index >= 15 is 0 Å². The molecule has 0 atom stereocenters. The van der Waals surface area contributed by atoms with Crippen LogP contribution in [0.4, 0.5) is 0 Å². The second-order valence-corrected chi connectivity index (χ2v) is 5.64. The zero-order chi connectivity index (χ0) is 15.8. The van der Waals surface area contributed by atoms with E-state index in [1.807, 2.05) is 26.2 Å². The summed E-state index contributed by atoms with van der Waals surface area (Å²) in [5.74, 6) is 1.85. The van der Waals surface area contributed by atoms with Crippen molar-refractivity contribution in [2.24, 2.45) is 0 Å². The summed E-state index contributed by atoms with van der Waals surface area (Å²) in [6.07, 6.45) is 2.06. The lowest BCUT2D eigenvalue weighted by Gasteiger charge is -2.11. The normalized spacial score (nSPS) is 10.7. The number of benzene rings is 2. The number of rotatable bonds is 8. The summed E-state index contributed by atoms with van der Waals surface area (Å²) in [6.45, 7) is 1.65. The molecule has 0 aliphatic carbocycles. The van der Waals surface area contributed by atoms with Gasteiger partial charge in [0.25, 0.3) is 0 Å². The second-order valence-electron chi connectivity index (χ2n) is 5.64. The summed E-state index contributed by atoms with van der Waals surface area (Å²) in [5.41, 5.74) is 2.66. The first kappa shape index (κ1) is 16.4. The molecule has 118 valence electrons. The zero-order valence-corrected chi connectivity index (χ0v) is 13.7. The SMILES string of the molecule is COc1ccc(CCc2ccc(OCCN(C)C)cc2)cc1. The summed E-state index contributed by atoms with van der Waals surface area (Å²) < 4.78 is 10.9. The molecule has 0 fully saturated rings. The van der Waals surface area contributed by atoms with E-state index in [-0.39, 0.29) is 0 Å². The van der Waals surface area contributed by atoms with Crippen molar-refractivity contribution >= 4 is 0 Å². The predicted molar refractivity (Wildman–Crippen MR) is 90.9 cm³/mol. The van der Waals surface area contributed by atoms with Gasteiger partial charge >= 0.3 is 0 Å². The number of aryl methyl sites for hydroxylation is 2. The summed E-state index contributed by atoms with van der Waals surface area (Å²) >= 11 is 0. The largest absolute Gasteiger partial charge is 0.497 e. The van der Waals surface area contributed by atoms with Gasteiger partial charge in [-0.25, -0.2) is 0 Å². The number of methoxy groups -OCH3 is 1. The van der Waals surface area contributed by atoms with Gasteiger partial charge in [0.2, 0.25) is 0 Å². The molecule has 2 aromatic rings. The van der Waals surface area contributed by atoms with Crippen molar-refractivity contribution in [2.75, 3.05) is 34.4 Å². The minimum absolute atomic E-state index is 0.720. The molecule has 0 N–H and O–H groups in total. The molecule has 2 rings (SSSR count). The summed E-state index contributed by atoms with van der Waals surface area (Å²) in [4.78, 5) is 2.11. The van der Waals surface area contributed by atoms with Crippen LogP contribution in [0.2, 0.25) is 0 Å². The fourth-order valence-corrected chi connectivity index (χ4v) is 2.18. The van der Waals surface area contributed by atoms with E-state index in [0.29, 0.717) is 0 Å². The van der Waals surface area contributed by atoms with Gasteiger partial charge in [0, 0.05) is 6.54 Å². The Balaban J connectivity index is 1.80. The summed E-state index contributed by atoms with van der Waals surface area (Å²) in [5, 5.41) is 0. The highest BCUT2D eigenvalue weighted by Crippen LogP contribution is 2.16. The molecule has 0 unspecified atom stereocenters. The van der Waals surface area contributed by atoms with E-state index in [1.165, 1.54) is 11.1 Å². The van der Waals surface area contributed by atoms with Gasteiger partial charge in [-0.1, -0.05) is 24.3 Å². The van der Waals surface area contributed by atoms with Crippen LogP contribution in [0.25, 0.3) is 0 Å². The third kappa shape index (κ3) is 5.41. The van der Waals surface area contributed by atoms with Gasteiger partial charge in [0.05, 0.1) is 7.11 Å². The Bertz CT molecular complexity index is 547. The predicted octanol–water partition coefficient (Wildman–Crippen LogP) is 3.42. The number of hydrogen-bond donors (Lipinski definition) is 0. The Morgan fingerprint density at radius 2 is 1.27 bits per heavy atom. The number of ether oxygens (including phenoxy) is 2. The Kier molecular flexibility index (Phi) is 6.28. The van der Waals surface area contributed by atoms with Crippen molar-refractivity contribution < 1.29 is 9.47 Å². The first-order valence-corrected chi connectivity index (χ1v) is 7.67. The molecule has 0 aromatic heterocycles. The highest BCUT2D eigenvalue weighted by Gasteiger charge is 1.99. The molecule has 0 bridgehead atoms. The van der Waals surface area contributed by atoms with E-state index in [4.69, 9.17) is 9.47 Å². The summed E-state index contributed by atoms with van der Waals surface area (Å²) in [7, 11) is 5.79. The van der Waals surface area contributed by atoms with Crippen molar-refractivity contribution in [1.29, 1.82) is 0 Å². The first-order chi connectivity index (χ1) is 10.7. The van der Waals surface area contributed by atoms with Crippen molar-refractivity contribution in [3.05, 3.63) is 59.7 Å². The van der Waals surface area contributed by atoms with E-state index in [2.05, 4.69) is 41.3 Å². The highest BCUT2D eigenvalue weighted by molar-refractivity contribution is 5.30. The Morgan fingerprint density at radius 1 is 0.773 bits per heavy atom. The maximum atomic E-state index is 5.70. The smallest absolute Gasteiger partial charge is 0.119 e. The topological polar surface area (TPSA) is 21.7 Å². The molecule has 0 radical (unpaired) electrons. The van der Waals surface area contributed by atoms with Crippen LogP contribution in [0, 0.1) is 0 Å². The molecule has 0 saturated carbocycles. The molecule has 3 heteroatoms. The van der Waals surface area contributed by atoms with Gasteiger partial charge < -0.3 is 14.4 Å². The van der Waals surface area contributed by atoms with E-state index < -0.39 is 0 Å². The average Bonchev–Trinajstić information content (AvgIpc) is 2.54. The lowest BCUT2D eigenvalue weighted by molar-refractivity contribution is 0.261. The number of hydrogen-bond acceptors (Lipinski definition) is 3. The standard InChI is InChI=1S/C19H25NO2/c1-20(2)14-15-22-19-12-8-17(9-13-19)5-4-16-6-10-18(21-3)11-7-16/h6-13H,4-5,14-15H2,1-3H3. The minimum atomic E-state index is 0.720. The molecule has 2 aromatic carbocycles. The minimum Gasteiger partial charge on any atom is -0.497 e. The molecule has 0 spiro atoms. The lowest BCUT2D eigenvalue weighted by atomic mass is 10.0. The third-order valence-corrected chi connectivity index (χ3v) is 3.59. The second kappa shape index (κ2) is 8.44. The van der Waals surface area contributed by atoms with Crippen LogP contribution in [0.15, 0.2) is 48.5 Å². The van der Waals surface area contributed by atoms with Crippen LogP contribution in [0.3, 0.4) is 0 Å².